The number of amides is 1. The van der Waals surface area contributed by atoms with E-state index < -0.39 is 0 Å². The maximum Gasteiger partial charge on any atom is 0.222 e. The highest BCUT2D eigenvalue weighted by Crippen LogP contribution is 2.19. The molecule has 0 aliphatic carbocycles. The van der Waals surface area contributed by atoms with Crippen molar-refractivity contribution in [1.29, 1.82) is 0 Å². The highest BCUT2D eigenvalue weighted by atomic mass is 16.2. The molecule has 0 aromatic carbocycles. The Labute approximate surface area is 426 Å². The number of amidine groups is 2. The van der Waals surface area contributed by atoms with E-state index in [0.29, 0.717) is 12.3 Å². The van der Waals surface area contributed by atoms with Crippen LogP contribution in [-0.2, 0) is 4.79 Å². The Balaban J connectivity index is 1.67. The molecule has 1 amide bonds. The van der Waals surface area contributed by atoms with Crippen LogP contribution in [0.1, 0.15) is 329 Å². The average molecular weight is 953 g/mol. The lowest BCUT2D eigenvalue weighted by atomic mass is 10.0. The molecule has 68 heavy (non-hydrogen) atoms. The highest BCUT2D eigenvalue weighted by Gasteiger charge is 2.22. The molecule has 0 atom stereocenters. The monoisotopic (exact) mass is 952 g/mol. The molecule has 0 N–H and O–H groups in total. The minimum atomic E-state index is 0.375. The number of rotatable bonds is 54. The molecule has 6 nitrogen and oxygen atoms in total. The Hall–Kier alpha value is -1.59. The first-order chi connectivity index (χ1) is 33.7. The molecule has 0 bridgehead atoms. The lowest BCUT2D eigenvalue weighted by Crippen LogP contribution is -2.44. The second-order valence-electron chi connectivity index (χ2n) is 22.1. The Bertz CT molecular complexity index is 1070. The third-order valence-electron chi connectivity index (χ3n) is 15.7. The van der Waals surface area contributed by atoms with Crippen LogP contribution in [0.25, 0.3) is 0 Å². The molecule has 6 heteroatoms. The summed E-state index contributed by atoms with van der Waals surface area (Å²) in [5.41, 5.74) is 0. The van der Waals surface area contributed by atoms with Gasteiger partial charge in [-0.15, -0.1) is 0 Å². The lowest BCUT2D eigenvalue weighted by molar-refractivity contribution is -0.131. The van der Waals surface area contributed by atoms with Crippen LogP contribution < -0.4 is 0 Å². The predicted octanol–water partition coefficient (Wildman–Crippen LogP) is 19.0. The number of nitrogens with zero attached hydrogens (tertiary/aromatic N) is 5. The summed E-state index contributed by atoms with van der Waals surface area (Å²) >= 11 is 0. The Kier molecular flexibility index (Phi) is 45.1. The summed E-state index contributed by atoms with van der Waals surface area (Å²) < 4.78 is 0. The van der Waals surface area contributed by atoms with Crippen LogP contribution in [-0.4, -0.2) is 84.6 Å². The van der Waals surface area contributed by atoms with Crippen molar-refractivity contribution in [1.82, 2.24) is 14.7 Å². The van der Waals surface area contributed by atoms with Crippen molar-refractivity contribution in [2.75, 3.05) is 52.4 Å². The van der Waals surface area contributed by atoms with Gasteiger partial charge in [0.15, 0.2) is 0 Å². The van der Waals surface area contributed by atoms with Gasteiger partial charge in [0.1, 0.15) is 0 Å². The maximum atomic E-state index is 13.9. The normalized spacial score (nSPS) is 13.9. The van der Waals surface area contributed by atoms with E-state index in [-0.39, 0.29) is 0 Å². The summed E-state index contributed by atoms with van der Waals surface area (Å²) in [7, 11) is 0. The molecule has 2 aliphatic rings. The molecule has 0 saturated carbocycles. The number of carbonyl (C=O) groups excluding carboxylic acids is 1. The first-order valence-electron chi connectivity index (χ1n) is 31.5. The van der Waals surface area contributed by atoms with Gasteiger partial charge in [0, 0.05) is 58.5 Å². The fourth-order valence-electron chi connectivity index (χ4n) is 11.0. The molecular formula is C62H121N5O. The van der Waals surface area contributed by atoms with E-state index in [9.17, 15) is 4.79 Å². The minimum Gasteiger partial charge on any atom is -0.357 e. The summed E-state index contributed by atoms with van der Waals surface area (Å²) in [5.74, 6) is 3.00. The van der Waals surface area contributed by atoms with E-state index in [4.69, 9.17) is 9.98 Å². The third kappa shape index (κ3) is 37.2. The van der Waals surface area contributed by atoms with Crippen molar-refractivity contribution in [3.63, 3.8) is 0 Å². The molecule has 0 unspecified atom stereocenters. The lowest BCUT2D eigenvalue weighted by Gasteiger charge is -2.30. The first kappa shape index (κ1) is 62.5. The largest absolute Gasteiger partial charge is 0.357 e. The van der Waals surface area contributed by atoms with Crippen LogP contribution in [0.15, 0.2) is 9.98 Å². The Morgan fingerprint density at radius 3 is 0.853 bits per heavy atom. The molecule has 0 aromatic rings. The molecule has 0 aromatic heterocycles. The van der Waals surface area contributed by atoms with E-state index >= 15 is 0 Å². The van der Waals surface area contributed by atoms with Gasteiger partial charge in [-0.1, -0.05) is 290 Å². The maximum absolute atomic E-state index is 13.9. The number of carbonyl (C=O) groups is 1. The topological polar surface area (TPSA) is 51.5 Å². The molecule has 0 spiro atoms. The molecule has 2 aliphatic heterocycles. The van der Waals surface area contributed by atoms with Crippen LogP contribution in [0.2, 0.25) is 0 Å². The Morgan fingerprint density at radius 2 is 0.588 bits per heavy atom. The second kappa shape index (κ2) is 49.0. The van der Waals surface area contributed by atoms with Gasteiger partial charge in [0.25, 0.3) is 0 Å². The number of hydrogen-bond acceptors (Lipinski definition) is 5. The van der Waals surface area contributed by atoms with Crippen molar-refractivity contribution in [2.45, 2.75) is 329 Å². The average Bonchev–Trinajstić information content (AvgIpc) is 4.01. The van der Waals surface area contributed by atoms with Crippen molar-refractivity contribution >= 4 is 17.6 Å². The van der Waals surface area contributed by atoms with Gasteiger partial charge in [-0.3, -0.25) is 14.8 Å². The third-order valence-corrected chi connectivity index (χ3v) is 15.7. The van der Waals surface area contributed by atoms with E-state index in [0.717, 1.165) is 71.6 Å². The molecular weight excluding hydrogens is 831 g/mol. The van der Waals surface area contributed by atoms with Gasteiger partial charge in [-0.2, -0.15) is 0 Å². The zero-order chi connectivity index (χ0) is 48.5. The summed E-state index contributed by atoms with van der Waals surface area (Å²) in [5, 5.41) is 0. The second-order valence-corrected chi connectivity index (χ2v) is 22.1. The molecule has 0 fully saturated rings. The van der Waals surface area contributed by atoms with Gasteiger partial charge in [-0.25, -0.2) is 0 Å². The molecule has 2 rings (SSSR count). The van der Waals surface area contributed by atoms with Crippen molar-refractivity contribution < 1.29 is 4.79 Å². The van der Waals surface area contributed by atoms with Gasteiger partial charge < -0.3 is 14.7 Å². The zero-order valence-corrected chi connectivity index (χ0v) is 46.7. The summed E-state index contributed by atoms with van der Waals surface area (Å²) in [6.07, 6.45) is 65.5. The summed E-state index contributed by atoms with van der Waals surface area (Å²) in [4.78, 5) is 31.2. The van der Waals surface area contributed by atoms with Gasteiger partial charge in [-0.05, 0) is 19.3 Å². The van der Waals surface area contributed by atoms with Gasteiger partial charge >= 0.3 is 0 Å². The van der Waals surface area contributed by atoms with Crippen LogP contribution >= 0.6 is 0 Å². The van der Waals surface area contributed by atoms with E-state index in [1.807, 2.05) is 0 Å². The zero-order valence-electron chi connectivity index (χ0n) is 46.7. The van der Waals surface area contributed by atoms with Crippen LogP contribution in [0.5, 0.6) is 0 Å². The van der Waals surface area contributed by atoms with Crippen molar-refractivity contribution in [3.8, 4) is 0 Å². The molecule has 0 saturated heterocycles. The van der Waals surface area contributed by atoms with E-state index in [1.54, 1.807) is 0 Å². The van der Waals surface area contributed by atoms with Gasteiger partial charge in [0.05, 0.1) is 24.8 Å². The number of aliphatic imine (C=N–C) groups is 2. The molecule has 2 heterocycles. The molecule has 400 valence electrons. The van der Waals surface area contributed by atoms with Crippen molar-refractivity contribution in [3.05, 3.63) is 0 Å². The van der Waals surface area contributed by atoms with Crippen molar-refractivity contribution in [2.24, 2.45) is 9.98 Å². The van der Waals surface area contributed by atoms with Crippen LogP contribution in [0.3, 0.4) is 0 Å². The van der Waals surface area contributed by atoms with E-state index in [2.05, 4.69) is 35.5 Å². The Morgan fingerprint density at radius 1 is 0.353 bits per heavy atom. The first-order valence-corrected chi connectivity index (χ1v) is 31.5. The SMILES string of the molecule is CCCCCCCCCCCCCCCCCC(=O)N(CCN1CCN=C1CCCCCCCCCCCCCCCCC)CCN1CCN=C1CCCCCCCCCCCCCCCCC. The molecule has 0 radical (unpaired) electrons. The smallest absolute Gasteiger partial charge is 0.222 e. The fourth-order valence-corrected chi connectivity index (χ4v) is 11.0. The van der Waals surface area contributed by atoms with Crippen LogP contribution in [0, 0.1) is 0 Å². The summed E-state index contributed by atoms with van der Waals surface area (Å²) in [6, 6.07) is 0. The predicted molar refractivity (Wildman–Crippen MR) is 303 cm³/mol. The summed E-state index contributed by atoms with van der Waals surface area (Å²) in [6.45, 7) is 14.3. The number of hydrogen-bond donors (Lipinski definition) is 0. The highest BCUT2D eigenvalue weighted by molar-refractivity contribution is 5.84. The fraction of sp³-hybridized carbons (Fsp3) is 0.952. The quantitative estimate of drug-likeness (QED) is 0.0571. The minimum absolute atomic E-state index is 0.375. The van der Waals surface area contributed by atoms with E-state index in [1.165, 1.54) is 294 Å². The number of unbranched alkanes of at least 4 members (excludes halogenated alkanes) is 42. The van der Waals surface area contributed by atoms with Crippen LogP contribution in [0.4, 0.5) is 0 Å². The standard InChI is InChI=1S/C62H121N5O/c1-4-7-10-13-16-19-22-25-28-31-34-37-40-43-46-49-60-63-52-54-65(60)56-58-67(62(68)51-48-45-42-39-36-33-30-27-24-21-18-15-12-9-6-3)59-57-66-55-53-64-61(66)50-47-44-41-38-35-32-29-26-23-20-17-14-11-8-5-2/h4-59H2,1-3H3. The van der Waals surface area contributed by atoms with Gasteiger partial charge in [0.2, 0.25) is 5.91 Å².